The molecular weight excluding hydrogens is 383 g/mol. The summed E-state index contributed by atoms with van der Waals surface area (Å²) in [6.07, 6.45) is -0.336. The van der Waals surface area contributed by atoms with Gasteiger partial charge in [-0.2, -0.15) is 0 Å². The first-order chi connectivity index (χ1) is 13.8. The first-order valence-corrected chi connectivity index (χ1v) is 9.01. The van der Waals surface area contributed by atoms with Crippen LogP contribution < -0.4 is 11.1 Å². The van der Waals surface area contributed by atoms with E-state index in [0.29, 0.717) is 11.1 Å². The van der Waals surface area contributed by atoms with Crippen molar-refractivity contribution in [2.24, 2.45) is 5.73 Å². The van der Waals surface area contributed by atoms with Crippen LogP contribution >= 0.6 is 0 Å². The number of halogens is 1. The Bertz CT molecular complexity index is 874. The molecule has 10 heteroatoms. The SMILES string of the molecule is C=CC(=O)NCC(=O)N1CC(OC(=O)N2Cc3cccc(F)c3C2)CC1C(N)=O. The number of rotatable bonds is 5. The lowest BCUT2D eigenvalue weighted by Gasteiger charge is -2.22. The van der Waals surface area contributed by atoms with Gasteiger partial charge in [0.05, 0.1) is 19.6 Å². The first kappa shape index (κ1) is 20.3. The molecule has 1 fully saturated rings. The minimum absolute atomic E-state index is 0.0305. The van der Waals surface area contributed by atoms with Gasteiger partial charge in [0.25, 0.3) is 0 Å². The van der Waals surface area contributed by atoms with Crippen molar-refractivity contribution in [3.63, 3.8) is 0 Å². The van der Waals surface area contributed by atoms with Crippen molar-refractivity contribution in [3.05, 3.63) is 47.8 Å². The second kappa shape index (κ2) is 8.29. The molecule has 3 N–H and O–H groups in total. The monoisotopic (exact) mass is 404 g/mol. The van der Waals surface area contributed by atoms with Gasteiger partial charge in [0.2, 0.25) is 17.7 Å². The van der Waals surface area contributed by atoms with Gasteiger partial charge in [0.1, 0.15) is 18.0 Å². The first-order valence-electron chi connectivity index (χ1n) is 9.01. The highest BCUT2D eigenvalue weighted by atomic mass is 19.1. The lowest BCUT2D eigenvalue weighted by molar-refractivity contribution is -0.137. The third kappa shape index (κ3) is 4.36. The molecule has 29 heavy (non-hydrogen) atoms. The molecular formula is C19H21FN4O5. The van der Waals surface area contributed by atoms with Gasteiger partial charge in [-0.1, -0.05) is 18.7 Å². The number of carbonyl (C=O) groups excluding carboxylic acids is 4. The molecule has 0 bridgehead atoms. The van der Waals surface area contributed by atoms with E-state index < -0.39 is 36.0 Å². The van der Waals surface area contributed by atoms with Crippen molar-refractivity contribution < 1.29 is 28.3 Å². The molecule has 0 aromatic heterocycles. The lowest BCUT2D eigenvalue weighted by Crippen LogP contribution is -2.47. The summed E-state index contributed by atoms with van der Waals surface area (Å²) < 4.78 is 19.3. The van der Waals surface area contributed by atoms with Gasteiger partial charge in [-0.15, -0.1) is 0 Å². The zero-order valence-electron chi connectivity index (χ0n) is 15.6. The predicted octanol–water partition coefficient (Wildman–Crippen LogP) is 0.0349. The number of fused-ring (bicyclic) bond motifs is 1. The Morgan fingerprint density at radius 2 is 2.07 bits per heavy atom. The van der Waals surface area contributed by atoms with Gasteiger partial charge in [-0.3, -0.25) is 19.3 Å². The number of ether oxygens (including phenoxy) is 1. The fourth-order valence-corrected chi connectivity index (χ4v) is 3.49. The van der Waals surface area contributed by atoms with E-state index in [0.717, 1.165) is 6.08 Å². The molecule has 2 unspecified atom stereocenters. The Kier molecular flexibility index (Phi) is 5.81. The van der Waals surface area contributed by atoms with Crippen LogP contribution in [-0.4, -0.2) is 58.8 Å². The van der Waals surface area contributed by atoms with Crippen LogP contribution in [0.15, 0.2) is 30.9 Å². The Balaban J connectivity index is 1.60. The summed E-state index contributed by atoms with van der Waals surface area (Å²) in [6.45, 7) is 3.22. The predicted molar refractivity (Wildman–Crippen MR) is 98.4 cm³/mol. The van der Waals surface area contributed by atoms with Crippen LogP contribution in [0, 0.1) is 5.82 Å². The standard InChI is InChI=1S/C19H21FN4O5/c1-2-16(25)22-7-17(26)24-9-12(6-15(24)18(21)27)29-19(28)23-8-11-4-3-5-14(20)13(11)10-23/h2-5,12,15H,1,6-10H2,(H2,21,27)(H,22,25). The summed E-state index contributed by atoms with van der Waals surface area (Å²) in [5, 5.41) is 2.33. The smallest absolute Gasteiger partial charge is 0.410 e. The average molecular weight is 404 g/mol. The Morgan fingerprint density at radius 3 is 2.72 bits per heavy atom. The van der Waals surface area contributed by atoms with Gasteiger partial charge in [-0.25, -0.2) is 9.18 Å². The van der Waals surface area contributed by atoms with Crippen molar-refractivity contribution in [2.75, 3.05) is 13.1 Å². The third-order valence-electron chi connectivity index (χ3n) is 4.96. The van der Waals surface area contributed by atoms with Crippen LogP contribution in [0.1, 0.15) is 17.5 Å². The number of nitrogens with one attached hydrogen (secondary N) is 1. The molecule has 0 aliphatic carbocycles. The molecule has 2 atom stereocenters. The highest BCUT2D eigenvalue weighted by Gasteiger charge is 2.41. The number of benzene rings is 1. The molecule has 1 aromatic rings. The maximum absolute atomic E-state index is 13.9. The Morgan fingerprint density at radius 1 is 1.31 bits per heavy atom. The summed E-state index contributed by atoms with van der Waals surface area (Å²) >= 11 is 0. The van der Waals surface area contributed by atoms with Crippen LogP contribution in [0.2, 0.25) is 0 Å². The molecule has 2 aliphatic rings. The number of hydrogen-bond donors (Lipinski definition) is 2. The number of hydrogen-bond acceptors (Lipinski definition) is 5. The second-order valence-electron chi connectivity index (χ2n) is 6.86. The molecule has 0 saturated carbocycles. The van der Waals surface area contributed by atoms with E-state index >= 15 is 0 Å². The number of nitrogens with two attached hydrogens (primary N) is 1. The molecule has 154 valence electrons. The Hall–Kier alpha value is -3.43. The van der Waals surface area contributed by atoms with Gasteiger partial charge in [-0.05, 0) is 17.7 Å². The normalized spacial score (nSPS) is 20.2. The molecule has 1 saturated heterocycles. The van der Waals surface area contributed by atoms with Crippen molar-refractivity contribution in [1.82, 2.24) is 15.1 Å². The van der Waals surface area contributed by atoms with Crippen molar-refractivity contribution >= 4 is 23.8 Å². The summed E-state index contributed by atoms with van der Waals surface area (Å²) in [7, 11) is 0. The number of likely N-dealkylation sites (tertiary alicyclic amines) is 1. The van der Waals surface area contributed by atoms with Gasteiger partial charge >= 0.3 is 6.09 Å². The van der Waals surface area contributed by atoms with Crippen LogP contribution in [0.25, 0.3) is 0 Å². The molecule has 0 radical (unpaired) electrons. The number of carbonyl (C=O) groups is 4. The third-order valence-corrected chi connectivity index (χ3v) is 4.96. The largest absolute Gasteiger partial charge is 0.444 e. The fraction of sp³-hybridized carbons (Fsp3) is 0.368. The highest BCUT2D eigenvalue weighted by Crippen LogP contribution is 2.27. The van der Waals surface area contributed by atoms with Crippen LogP contribution in [0.3, 0.4) is 0 Å². The topological polar surface area (TPSA) is 122 Å². The van der Waals surface area contributed by atoms with E-state index in [1.54, 1.807) is 12.1 Å². The van der Waals surface area contributed by atoms with Crippen LogP contribution in [-0.2, 0) is 32.2 Å². The number of primary amides is 1. The van der Waals surface area contributed by atoms with Crippen LogP contribution in [0.4, 0.5) is 9.18 Å². The molecule has 0 spiro atoms. The van der Waals surface area contributed by atoms with E-state index in [1.165, 1.54) is 15.9 Å². The van der Waals surface area contributed by atoms with Gasteiger partial charge in [0, 0.05) is 18.5 Å². The zero-order valence-corrected chi connectivity index (χ0v) is 15.6. The summed E-state index contributed by atoms with van der Waals surface area (Å²) in [6, 6.07) is 3.69. The molecule has 4 amide bonds. The maximum atomic E-state index is 13.9. The molecule has 1 aromatic carbocycles. The average Bonchev–Trinajstić information content (AvgIpc) is 3.31. The van der Waals surface area contributed by atoms with E-state index in [4.69, 9.17) is 10.5 Å². The lowest BCUT2D eigenvalue weighted by atomic mass is 10.1. The molecule has 2 aliphatic heterocycles. The summed E-state index contributed by atoms with van der Waals surface area (Å²) in [4.78, 5) is 50.3. The van der Waals surface area contributed by atoms with Gasteiger partial charge in [0.15, 0.2) is 0 Å². The Labute approximate surface area is 166 Å². The zero-order chi connectivity index (χ0) is 21.1. The molecule has 9 nitrogen and oxygen atoms in total. The van der Waals surface area contributed by atoms with E-state index in [-0.39, 0.29) is 38.4 Å². The second-order valence-corrected chi connectivity index (χ2v) is 6.86. The van der Waals surface area contributed by atoms with Crippen LogP contribution in [0.5, 0.6) is 0 Å². The minimum Gasteiger partial charge on any atom is -0.444 e. The fourth-order valence-electron chi connectivity index (χ4n) is 3.49. The van der Waals surface area contributed by atoms with Crippen molar-refractivity contribution in [3.8, 4) is 0 Å². The number of amides is 4. The maximum Gasteiger partial charge on any atom is 0.410 e. The van der Waals surface area contributed by atoms with E-state index in [9.17, 15) is 23.6 Å². The number of nitrogens with zero attached hydrogens (tertiary/aromatic N) is 2. The van der Waals surface area contributed by atoms with Crippen molar-refractivity contribution in [1.29, 1.82) is 0 Å². The summed E-state index contributed by atoms with van der Waals surface area (Å²) in [5.74, 6) is -2.18. The highest BCUT2D eigenvalue weighted by molar-refractivity contribution is 5.93. The quantitative estimate of drug-likeness (QED) is 0.671. The van der Waals surface area contributed by atoms with E-state index in [2.05, 4.69) is 11.9 Å². The molecule has 3 rings (SSSR count). The minimum atomic E-state index is -0.950. The summed E-state index contributed by atoms with van der Waals surface area (Å²) in [5.41, 5.74) is 6.52. The van der Waals surface area contributed by atoms with E-state index in [1.807, 2.05) is 0 Å². The van der Waals surface area contributed by atoms with Crippen molar-refractivity contribution in [2.45, 2.75) is 31.7 Å². The van der Waals surface area contributed by atoms with Gasteiger partial charge < -0.3 is 20.7 Å². The molecule has 2 heterocycles.